The van der Waals surface area contributed by atoms with E-state index in [4.69, 9.17) is 26.8 Å². The minimum absolute atomic E-state index is 0.0163. The Morgan fingerprint density at radius 3 is 2.54 bits per heavy atom. The molecular formula is C26H22ClF2N5O5. The number of imide groups is 1. The van der Waals surface area contributed by atoms with Crippen molar-refractivity contribution < 1.29 is 32.6 Å². The molecule has 13 heteroatoms. The first-order valence-electron chi connectivity index (χ1n) is 11.9. The highest BCUT2D eigenvalue weighted by Gasteiger charge is 2.44. The average Bonchev–Trinajstić information content (AvgIpc) is 2.88. The molecule has 1 aromatic heterocycles. The first kappa shape index (κ1) is 26.3. The highest BCUT2D eigenvalue weighted by atomic mass is 35.5. The van der Waals surface area contributed by atoms with Gasteiger partial charge in [-0.25, -0.2) is 23.5 Å². The number of hydrogen-bond acceptors (Lipinski definition) is 7. The summed E-state index contributed by atoms with van der Waals surface area (Å²) in [5.41, 5.74) is 5.82. The van der Waals surface area contributed by atoms with E-state index < -0.39 is 35.4 Å². The summed E-state index contributed by atoms with van der Waals surface area (Å²) in [6.45, 7) is 1.01. The molecule has 0 aliphatic carbocycles. The SMILES string of the molecule is Nc1nccc(Oc2ccc(NC(=O)C3CN(CC4COC4)C(=O)N(c4ccc(F)cc4)C3=O)cc2F)c1Cl. The molecule has 4 amide bonds. The second-order valence-electron chi connectivity index (χ2n) is 9.04. The van der Waals surface area contributed by atoms with Gasteiger partial charge in [-0.1, -0.05) is 11.6 Å². The molecule has 3 N–H and O–H groups in total. The van der Waals surface area contributed by atoms with Crippen LogP contribution in [0, 0.1) is 23.5 Å². The van der Waals surface area contributed by atoms with Crippen molar-refractivity contribution in [3.8, 4) is 11.5 Å². The third-order valence-corrected chi connectivity index (χ3v) is 6.65. The van der Waals surface area contributed by atoms with Gasteiger partial charge in [-0.15, -0.1) is 0 Å². The topological polar surface area (TPSA) is 127 Å². The molecule has 3 aromatic rings. The zero-order valence-corrected chi connectivity index (χ0v) is 21.0. The minimum atomic E-state index is -1.30. The molecule has 0 saturated carbocycles. The summed E-state index contributed by atoms with van der Waals surface area (Å²) < 4.78 is 39.0. The van der Waals surface area contributed by atoms with Gasteiger partial charge in [-0.3, -0.25) is 9.59 Å². The number of hydrogen-bond donors (Lipinski definition) is 2. The van der Waals surface area contributed by atoms with Crippen molar-refractivity contribution in [3.63, 3.8) is 0 Å². The number of halogens is 3. The van der Waals surface area contributed by atoms with Gasteiger partial charge in [0.2, 0.25) is 11.8 Å². The first-order chi connectivity index (χ1) is 18.7. The summed E-state index contributed by atoms with van der Waals surface area (Å²) >= 11 is 6.04. The number of benzene rings is 2. The van der Waals surface area contributed by atoms with Crippen LogP contribution in [0.25, 0.3) is 0 Å². The van der Waals surface area contributed by atoms with Crippen LogP contribution >= 0.6 is 11.6 Å². The first-order valence-corrected chi connectivity index (χ1v) is 12.2. The molecule has 2 aromatic carbocycles. The lowest BCUT2D eigenvalue weighted by molar-refractivity contribution is -0.132. The molecule has 2 saturated heterocycles. The molecule has 3 heterocycles. The Hall–Kier alpha value is -4.29. The van der Waals surface area contributed by atoms with Gasteiger partial charge in [0.15, 0.2) is 17.3 Å². The number of pyridine rings is 1. The molecule has 10 nitrogen and oxygen atoms in total. The van der Waals surface area contributed by atoms with E-state index in [1.807, 2.05) is 0 Å². The van der Waals surface area contributed by atoms with Crippen molar-refractivity contribution in [2.45, 2.75) is 0 Å². The Balaban J connectivity index is 1.35. The summed E-state index contributed by atoms with van der Waals surface area (Å²) in [5, 5.41) is 2.55. The average molecular weight is 558 g/mol. The van der Waals surface area contributed by atoms with Crippen LogP contribution in [0.15, 0.2) is 54.7 Å². The fourth-order valence-electron chi connectivity index (χ4n) is 4.17. The lowest BCUT2D eigenvalue weighted by Crippen LogP contribution is -2.61. The maximum Gasteiger partial charge on any atom is 0.331 e. The Bertz CT molecular complexity index is 1440. The van der Waals surface area contributed by atoms with Crippen LogP contribution in [-0.2, 0) is 14.3 Å². The third kappa shape index (κ3) is 5.47. The van der Waals surface area contributed by atoms with E-state index >= 15 is 0 Å². The number of carbonyl (C=O) groups excluding carboxylic acids is 3. The lowest BCUT2D eigenvalue weighted by atomic mass is 10.0. The standard InChI is InChI=1S/C26H22ClF2N5O5/c27-22-21(7-8-31-23(22)30)39-20-6-3-16(9-19(20)29)32-24(35)18-11-33(10-14-12-38-13-14)26(37)34(25(18)36)17-4-1-15(28)2-5-17/h1-9,14,18H,10-13H2,(H2,30,31)(H,32,35). The summed E-state index contributed by atoms with van der Waals surface area (Å²) in [7, 11) is 0. The highest BCUT2D eigenvalue weighted by Crippen LogP contribution is 2.34. The van der Waals surface area contributed by atoms with Gasteiger partial charge in [0.05, 0.1) is 18.9 Å². The summed E-state index contributed by atoms with van der Waals surface area (Å²) in [6.07, 6.45) is 1.35. The fourth-order valence-corrected chi connectivity index (χ4v) is 4.32. The van der Waals surface area contributed by atoms with Gasteiger partial charge in [-0.2, -0.15) is 0 Å². The van der Waals surface area contributed by atoms with Crippen molar-refractivity contribution in [3.05, 3.63) is 71.4 Å². The van der Waals surface area contributed by atoms with Crippen LogP contribution in [0.4, 0.5) is 30.8 Å². The molecule has 1 unspecified atom stereocenters. The largest absolute Gasteiger partial charge is 0.453 e. The van der Waals surface area contributed by atoms with E-state index in [1.165, 1.54) is 41.4 Å². The zero-order chi connectivity index (χ0) is 27.7. The summed E-state index contributed by atoms with van der Waals surface area (Å²) in [6, 6.07) is 9.27. The van der Waals surface area contributed by atoms with E-state index in [0.29, 0.717) is 13.2 Å². The number of nitrogens with one attached hydrogen (secondary N) is 1. The number of nitrogens with two attached hydrogens (primary N) is 1. The van der Waals surface area contributed by atoms with Crippen molar-refractivity contribution in [1.29, 1.82) is 0 Å². The number of amides is 4. The fraction of sp³-hybridized carbons (Fsp3) is 0.231. The van der Waals surface area contributed by atoms with Crippen LogP contribution in [-0.4, -0.2) is 54.0 Å². The Morgan fingerprint density at radius 1 is 1.13 bits per heavy atom. The number of carbonyl (C=O) groups is 3. The quantitative estimate of drug-likeness (QED) is 0.419. The number of aromatic nitrogens is 1. The van der Waals surface area contributed by atoms with Crippen LogP contribution in [0.3, 0.4) is 0 Å². The van der Waals surface area contributed by atoms with Gasteiger partial charge in [0, 0.05) is 43.0 Å². The Morgan fingerprint density at radius 2 is 1.87 bits per heavy atom. The Kier molecular flexibility index (Phi) is 7.31. The van der Waals surface area contributed by atoms with Crippen LogP contribution < -0.4 is 20.7 Å². The molecule has 2 aliphatic heterocycles. The predicted octanol–water partition coefficient (Wildman–Crippen LogP) is 4.06. The maximum atomic E-state index is 14.8. The molecular weight excluding hydrogens is 536 g/mol. The van der Waals surface area contributed by atoms with Gasteiger partial charge in [0.25, 0.3) is 0 Å². The molecule has 2 fully saturated rings. The van der Waals surface area contributed by atoms with Crippen molar-refractivity contribution in [2.24, 2.45) is 11.8 Å². The van der Waals surface area contributed by atoms with Crippen LogP contribution in [0.5, 0.6) is 11.5 Å². The second-order valence-corrected chi connectivity index (χ2v) is 9.42. The van der Waals surface area contributed by atoms with Gasteiger partial charge >= 0.3 is 6.03 Å². The van der Waals surface area contributed by atoms with Crippen molar-refractivity contribution in [2.75, 3.05) is 42.3 Å². The van der Waals surface area contributed by atoms with Crippen LogP contribution in [0.1, 0.15) is 0 Å². The van der Waals surface area contributed by atoms with E-state index in [0.717, 1.165) is 23.1 Å². The Labute approximate surface area is 226 Å². The maximum absolute atomic E-state index is 14.8. The second kappa shape index (κ2) is 10.8. The van der Waals surface area contributed by atoms with Gasteiger partial charge in [0.1, 0.15) is 22.6 Å². The predicted molar refractivity (Wildman–Crippen MR) is 137 cm³/mol. The molecule has 0 bridgehead atoms. The molecule has 39 heavy (non-hydrogen) atoms. The monoisotopic (exact) mass is 557 g/mol. The molecule has 1 atom stereocenters. The highest BCUT2D eigenvalue weighted by molar-refractivity contribution is 6.34. The lowest BCUT2D eigenvalue weighted by Gasteiger charge is -2.40. The van der Waals surface area contributed by atoms with E-state index in [-0.39, 0.29) is 52.7 Å². The molecule has 0 radical (unpaired) electrons. The summed E-state index contributed by atoms with van der Waals surface area (Å²) in [4.78, 5) is 45.8. The molecule has 0 spiro atoms. The van der Waals surface area contributed by atoms with Gasteiger partial charge < -0.3 is 25.4 Å². The zero-order valence-electron chi connectivity index (χ0n) is 20.3. The van der Waals surface area contributed by atoms with Crippen LogP contribution in [0.2, 0.25) is 5.02 Å². The molecule has 5 rings (SSSR count). The third-order valence-electron chi connectivity index (χ3n) is 6.27. The number of nitrogen functional groups attached to an aromatic ring is 1. The minimum Gasteiger partial charge on any atom is -0.453 e. The van der Waals surface area contributed by atoms with Crippen molar-refractivity contribution in [1.82, 2.24) is 9.88 Å². The smallest absolute Gasteiger partial charge is 0.331 e. The number of ether oxygens (including phenoxy) is 2. The van der Waals surface area contributed by atoms with Gasteiger partial charge in [-0.05, 0) is 36.4 Å². The van der Waals surface area contributed by atoms with E-state index in [2.05, 4.69) is 10.3 Å². The molecule has 2 aliphatic rings. The number of rotatable bonds is 7. The normalized spacial score (nSPS) is 17.7. The summed E-state index contributed by atoms with van der Waals surface area (Å²) in [5.74, 6) is -4.20. The molecule has 202 valence electrons. The van der Waals surface area contributed by atoms with Crippen molar-refractivity contribution >= 4 is 46.6 Å². The van der Waals surface area contributed by atoms with E-state index in [1.54, 1.807) is 0 Å². The van der Waals surface area contributed by atoms with E-state index in [9.17, 15) is 23.2 Å². The number of urea groups is 1. The number of nitrogens with zero attached hydrogens (tertiary/aromatic N) is 3. The number of anilines is 3.